The Labute approximate surface area is 66.1 Å². The van der Waals surface area contributed by atoms with Crippen molar-refractivity contribution in [2.24, 2.45) is 0 Å². The lowest BCUT2D eigenvalue weighted by molar-refractivity contribution is 1.94. The number of hydrogen-bond acceptors (Lipinski definition) is 1. The van der Waals surface area contributed by atoms with E-state index < -0.39 is 0 Å². The van der Waals surface area contributed by atoms with Crippen molar-refractivity contribution >= 4 is 36.0 Å². The molecule has 0 spiro atoms. The summed E-state index contributed by atoms with van der Waals surface area (Å²) in [4.78, 5) is 0. The Morgan fingerprint density at radius 3 is 3.00 bits per heavy atom. The zero-order valence-electron chi connectivity index (χ0n) is 5.37. The minimum atomic E-state index is 1.26. The predicted octanol–water partition coefficient (Wildman–Crippen LogP) is 2.40. The van der Waals surface area contributed by atoms with Crippen molar-refractivity contribution in [1.82, 2.24) is 0 Å². The number of rotatable bonds is 0. The van der Waals surface area contributed by atoms with Crippen LogP contribution in [-0.2, 0) is 0 Å². The fraction of sp³-hybridized carbons (Fsp3) is 0. The summed E-state index contributed by atoms with van der Waals surface area (Å²) >= 11 is 1.79. The van der Waals surface area contributed by atoms with Crippen LogP contribution in [0.25, 0.3) is 10.1 Å². The Balaban J connectivity index is 2.86. The van der Waals surface area contributed by atoms with E-state index in [9.17, 15) is 0 Å². The molecule has 50 valence electrons. The lowest BCUT2D eigenvalue weighted by Gasteiger charge is -1.89. The Kier molecular flexibility index (Phi) is 1.48. The van der Waals surface area contributed by atoms with Crippen molar-refractivity contribution < 1.29 is 0 Å². The van der Waals surface area contributed by atoms with E-state index in [4.69, 9.17) is 0 Å². The first-order chi connectivity index (χ1) is 4.86. The summed E-state index contributed by atoms with van der Waals surface area (Å²) in [6.45, 7) is 0. The van der Waals surface area contributed by atoms with E-state index in [1.54, 1.807) is 11.3 Å². The van der Waals surface area contributed by atoms with Crippen molar-refractivity contribution in [1.29, 1.82) is 0 Å². The number of thiophene rings is 1. The maximum Gasteiger partial charge on any atom is 0.0348 e. The predicted molar refractivity (Wildman–Crippen MR) is 51.2 cm³/mol. The Hall–Kier alpha value is -0.390. The normalized spacial score (nSPS) is 10.5. The second kappa shape index (κ2) is 2.34. The van der Waals surface area contributed by atoms with Crippen LogP contribution in [0.4, 0.5) is 0 Å². The molecule has 0 radical (unpaired) electrons. The fourth-order valence-corrected chi connectivity index (χ4v) is 2.19. The lowest BCUT2D eigenvalue weighted by Crippen LogP contribution is -1.84. The molecule has 0 saturated heterocycles. The van der Waals surface area contributed by atoms with E-state index in [1.165, 1.54) is 15.4 Å². The van der Waals surface area contributed by atoms with Gasteiger partial charge in [0.1, 0.15) is 0 Å². The average molecular weight is 166 g/mol. The first-order valence-electron chi connectivity index (χ1n) is 3.09. The minimum absolute atomic E-state index is 1.26. The van der Waals surface area contributed by atoms with Crippen molar-refractivity contribution in [2.45, 2.75) is 0 Å². The van der Waals surface area contributed by atoms with Gasteiger partial charge in [-0.2, -0.15) is 0 Å². The third-order valence-electron chi connectivity index (χ3n) is 1.48. The summed E-state index contributed by atoms with van der Waals surface area (Å²) in [5.41, 5.74) is 0. The molecule has 1 unspecified atom stereocenters. The van der Waals surface area contributed by atoms with Gasteiger partial charge < -0.3 is 0 Å². The van der Waals surface area contributed by atoms with Crippen molar-refractivity contribution in [2.75, 3.05) is 0 Å². The zero-order valence-corrected chi connectivity index (χ0v) is 7.34. The molecule has 10 heavy (non-hydrogen) atoms. The first kappa shape index (κ1) is 6.33. The Bertz CT molecular complexity index is 351. The van der Waals surface area contributed by atoms with E-state index in [0.717, 1.165) is 0 Å². The highest BCUT2D eigenvalue weighted by atomic mass is 32.1. The zero-order chi connectivity index (χ0) is 6.97. The summed E-state index contributed by atoms with van der Waals surface area (Å²) in [5.74, 6) is 0. The van der Waals surface area contributed by atoms with Gasteiger partial charge in [-0.15, -0.1) is 20.6 Å². The average Bonchev–Trinajstić information content (AvgIpc) is 2.33. The standard InChI is InChI=1S/C8H7PS/c9-7-2-1-6-3-4-10-8(6)5-7/h1-5H,9H2. The largest absolute Gasteiger partial charge is 0.144 e. The molecule has 0 saturated carbocycles. The molecule has 2 rings (SSSR count). The van der Waals surface area contributed by atoms with E-state index in [-0.39, 0.29) is 0 Å². The molecular weight excluding hydrogens is 159 g/mol. The molecule has 2 aromatic rings. The van der Waals surface area contributed by atoms with Gasteiger partial charge in [-0.3, -0.25) is 0 Å². The summed E-state index contributed by atoms with van der Waals surface area (Å²) in [6.07, 6.45) is 0. The van der Waals surface area contributed by atoms with Crippen molar-refractivity contribution in [3.63, 3.8) is 0 Å². The van der Waals surface area contributed by atoms with Crippen LogP contribution in [-0.4, -0.2) is 0 Å². The van der Waals surface area contributed by atoms with Crippen LogP contribution in [0, 0.1) is 0 Å². The van der Waals surface area contributed by atoms with E-state index in [0.29, 0.717) is 0 Å². The van der Waals surface area contributed by atoms with E-state index in [2.05, 4.69) is 38.9 Å². The molecule has 1 aromatic heterocycles. The molecule has 0 aliphatic heterocycles. The molecule has 0 amide bonds. The van der Waals surface area contributed by atoms with Gasteiger partial charge in [-0.05, 0) is 28.2 Å². The molecular formula is C8H7PS. The summed E-state index contributed by atoms with van der Waals surface area (Å²) in [7, 11) is 2.70. The Morgan fingerprint density at radius 1 is 1.20 bits per heavy atom. The molecule has 0 N–H and O–H groups in total. The molecule has 0 fully saturated rings. The molecule has 1 heterocycles. The fourth-order valence-electron chi connectivity index (χ4n) is 0.971. The number of benzene rings is 1. The minimum Gasteiger partial charge on any atom is -0.144 e. The van der Waals surface area contributed by atoms with Crippen LogP contribution in [0.3, 0.4) is 0 Å². The highest BCUT2D eigenvalue weighted by Gasteiger charge is 1.92. The van der Waals surface area contributed by atoms with Crippen LogP contribution in [0.15, 0.2) is 29.6 Å². The van der Waals surface area contributed by atoms with Gasteiger partial charge in [0, 0.05) is 4.70 Å². The molecule has 1 atom stereocenters. The van der Waals surface area contributed by atoms with Gasteiger partial charge >= 0.3 is 0 Å². The molecule has 0 bridgehead atoms. The third-order valence-corrected chi connectivity index (χ3v) is 2.72. The number of hydrogen-bond donors (Lipinski definition) is 0. The van der Waals surface area contributed by atoms with Crippen molar-refractivity contribution in [3.05, 3.63) is 29.6 Å². The SMILES string of the molecule is Pc1ccc2ccsc2c1. The van der Waals surface area contributed by atoms with E-state index >= 15 is 0 Å². The van der Waals surface area contributed by atoms with Crippen LogP contribution < -0.4 is 5.30 Å². The smallest absolute Gasteiger partial charge is 0.0348 e. The van der Waals surface area contributed by atoms with Crippen LogP contribution in [0.1, 0.15) is 0 Å². The summed E-state index contributed by atoms with van der Waals surface area (Å²) in [5, 5.41) is 4.72. The van der Waals surface area contributed by atoms with E-state index in [1.807, 2.05) is 0 Å². The monoisotopic (exact) mass is 166 g/mol. The van der Waals surface area contributed by atoms with Gasteiger partial charge in [0.05, 0.1) is 0 Å². The molecule has 2 heteroatoms. The maximum atomic E-state index is 2.70. The second-order valence-corrected chi connectivity index (χ2v) is 3.83. The summed E-state index contributed by atoms with van der Waals surface area (Å²) in [6, 6.07) is 8.59. The number of fused-ring (bicyclic) bond motifs is 1. The van der Waals surface area contributed by atoms with Gasteiger partial charge in [-0.1, -0.05) is 12.1 Å². The highest BCUT2D eigenvalue weighted by molar-refractivity contribution is 7.27. The molecule has 0 aliphatic rings. The lowest BCUT2D eigenvalue weighted by atomic mass is 10.3. The molecule has 0 nitrogen and oxygen atoms in total. The first-order valence-corrected chi connectivity index (χ1v) is 4.55. The van der Waals surface area contributed by atoms with Crippen LogP contribution in [0.2, 0.25) is 0 Å². The summed E-state index contributed by atoms with van der Waals surface area (Å²) < 4.78 is 1.37. The molecule has 1 aromatic carbocycles. The van der Waals surface area contributed by atoms with Gasteiger partial charge in [0.25, 0.3) is 0 Å². The quantitative estimate of drug-likeness (QED) is 0.527. The highest BCUT2D eigenvalue weighted by Crippen LogP contribution is 2.19. The topological polar surface area (TPSA) is 0 Å². The van der Waals surface area contributed by atoms with Gasteiger partial charge in [0.15, 0.2) is 0 Å². The molecule has 0 aliphatic carbocycles. The Morgan fingerprint density at radius 2 is 2.10 bits per heavy atom. The van der Waals surface area contributed by atoms with Gasteiger partial charge in [0.2, 0.25) is 0 Å². The third kappa shape index (κ3) is 0.960. The van der Waals surface area contributed by atoms with Gasteiger partial charge in [-0.25, -0.2) is 0 Å². The van der Waals surface area contributed by atoms with Crippen LogP contribution in [0.5, 0.6) is 0 Å². The van der Waals surface area contributed by atoms with Crippen LogP contribution >= 0.6 is 20.6 Å². The maximum absolute atomic E-state index is 2.70. The second-order valence-electron chi connectivity index (χ2n) is 2.22. The van der Waals surface area contributed by atoms with Crippen molar-refractivity contribution in [3.8, 4) is 0 Å².